The van der Waals surface area contributed by atoms with E-state index in [1.165, 1.54) is 12.1 Å². The van der Waals surface area contributed by atoms with Crippen LogP contribution in [-0.4, -0.2) is 59.7 Å². The monoisotopic (exact) mass is 423 g/mol. The van der Waals surface area contributed by atoms with E-state index in [1.54, 1.807) is 41.3 Å². The first-order valence-electron chi connectivity index (χ1n) is 10.6. The zero-order valence-corrected chi connectivity index (χ0v) is 17.8. The molecule has 1 atom stereocenters. The van der Waals surface area contributed by atoms with Crippen LogP contribution in [0.5, 0.6) is 0 Å². The van der Waals surface area contributed by atoms with Gasteiger partial charge in [0.15, 0.2) is 0 Å². The highest BCUT2D eigenvalue weighted by molar-refractivity contribution is 6.22. The minimum Gasteiger partial charge on any atom is -0.368 e. The highest BCUT2D eigenvalue weighted by Gasteiger charge is 2.44. The summed E-state index contributed by atoms with van der Waals surface area (Å²) < 4.78 is 13.2. The van der Waals surface area contributed by atoms with Crippen molar-refractivity contribution in [2.45, 2.75) is 26.3 Å². The van der Waals surface area contributed by atoms with Crippen molar-refractivity contribution in [1.82, 2.24) is 9.80 Å². The molecular formula is C24H26FN3O3. The standard InChI is InChI=1S/C24H26FN3O3/c1-16(2)15-21(28-22(29)19-5-3-4-6-20(19)23(28)30)24(31)27-13-11-26(12-14-27)18-9-7-17(25)8-10-18/h3-10,16,21H,11-15H2,1-2H3/t21-/m0/s1. The number of imide groups is 1. The molecule has 0 N–H and O–H groups in total. The van der Waals surface area contributed by atoms with Gasteiger partial charge in [-0.1, -0.05) is 26.0 Å². The Labute approximate surface area is 181 Å². The Balaban J connectivity index is 1.50. The van der Waals surface area contributed by atoms with E-state index < -0.39 is 17.9 Å². The summed E-state index contributed by atoms with van der Waals surface area (Å²) >= 11 is 0. The lowest BCUT2D eigenvalue weighted by Crippen LogP contribution is -2.56. The maximum Gasteiger partial charge on any atom is 0.262 e. The number of benzene rings is 2. The van der Waals surface area contributed by atoms with Gasteiger partial charge in [0.1, 0.15) is 11.9 Å². The highest BCUT2D eigenvalue weighted by Crippen LogP contribution is 2.28. The van der Waals surface area contributed by atoms with E-state index >= 15 is 0 Å². The molecule has 2 aromatic rings. The van der Waals surface area contributed by atoms with Gasteiger partial charge >= 0.3 is 0 Å². The molecule has 0 radical (unpaired) electrons. The van der Waals surface area contributed by atoms with Crippen LogP contribution < -0.4 is 4.90 Å². The summed E-state index contributed by atoms with van der Waals surface area (Å²) in [4.78, 5) is 44.4. The number of halogens is 1. The molecule has 0 bridgehead atoms. The summed E-state index contributed by atoms with van der Waals surface area (Å²) in [7, 11) is 0. The van der Waals surface area contributed by atoms with Gasteiger partial charge in [0.25, 0.3) is 11.8 Å². The van der Waals surface area contributed by atoms with E-state index in [0.29, 0.717) is 43.7 Å². The molecule has 7 heteroatoms. The second-order valence-corrected chi connectivity index (χ2v) is 8.46. The number of amides is 3. The fourth-order valence-corrected chi connectivity index (χ4v) is 4.30. The van der Waals surface area contributed by atoms with Gasteiger partial charge in [-0.3, -0.25) is 19.3 Å². The summed E-state index contributed by atoms with van der Waals surface area (Å²) in [6.45, 7) is 6.12. The van der Waals surface area contributed by atoms with Crippen LogP contribution >= 0.6 is 0 Å². The molecule has 0 aliphatic carbocycles. The first-order chi connectivity index (χ1) is 14.9. The van der Waals surface area contributed by atoms with Crippen molar-refractivity contribution in [2.24, 2.45) is 5.92 Å². The van der Waals surface area contributed by atoms with Crippen LogP contribution in [0.15, 0.2) is 48.5 Å². The average molecular weight is 423 g/mol. The first-order valence-corrected chi connectivity index (χ1v) is 10.6. The minimum absolute atomic E-state index is 0.138. The number of nitrogens with zero attached hydrogens (tertiary/aromatic N) is 3. The third kappa shape index (κ3) is 4.04. The predicted molar refractivity (Wildman–Crippen MR) is 115 cm³/mol. The molecule has 0 spiro atoms. The number of fused-ring (bicyclic) bond motifs is 1. The molecule has 0 aromatic heterocycles. The van der Waals surface area contributed by atoms with Crippen molar-refractivity contribution in [2.75, 3.05) is 31.1 Å². The summed E-state index contributed by atoms with van der Waals surface area (Å²) in [5.74, 6) is -1.13. The van der Waals surface area contributed by atoms with Crippen LogP contribution in [0.4, 0.5) is 10.1 Å². The van der Waals surface area contributed by atoms with E-state index in [0.717, 1.165) is 10.6 Å². The van der Waals surface area contributed by atoms with Gasteiger partial charge in [-0.15, -0.1) is 0 Å². The Bertz CT molecular complexity index is 962. The average Bonchev–Trinajstić information content (AvgIpc) is 3.02. The lowest BCUT2D eigenvalue weighted by Gasteiger charge is -2.39. The number of carbonyl (C=O) groups is 3. The van der Waals surface area contributed by atoms with Crippen molar-refractivity contribution in [3.05, 3.63) is 65.5 Å². The Morgan fingerprint density at radius 2 is 1.45 bits per heavy atom. The molecule has 4 rings (SSSR count). The normalized spacial score (nSPS) is 17.4. The fraction of sp³-hybridized carbons (Fsp3) is 0.375. The molecular weight excluding hydrogens is 397 g/mol. The molecule has 6 nitrogen and oxygen atoms in total. The second-order valence-electron chi connectivity index (χ2n) is 8.46. The zero-order chi connectivity index (χ0) is 22.1. The van der Waals surface area contributed by atoms with Gasteiger partial charge in [-0.05, 0) is 48.7 Å². The minimum atomic E-state index is -0.815. The van der Waals surface area contributed by atoms with Gasteiger partial charge in [0, 0.05) is 31.9 Å². The van der Waals surface area contributed by atoms with Crippen LogP contribution in [0.2, 0.25) is 0 Å². The summed E-state index contributed by atoms with van der Waals surface area (Å²) in [5, 5.41) is 0. The van der Waals surface area contributed by atoms with Crippen LogP contribution in [0.3, 0.4) is 0 Å². The van der Waals surface area contributed by atoms with Gasteiger partial charge in [-0.25, -0.2) is 4.39 Å². The quantitative estimate of drug-likeness (QED) is 0.693. The number of hydrogen-bond acceptors (Lipinski definition) is 4. The predicted octanol–water partition coefficient (Wildman–Crippen LogP) is 3.19. The van der Waals surface area contributed by atoms with Crippen molar-refractivity contribution in [1.29, 1.82) is 0 Å². The van der Waals surface area contributed by atoms with Gasteiger partial charge in [-0.2, -0.15) is 0 Å². The number of hydrogen-bond donors (Lipinski definition) is 0. The molecule has 0 saturated carbocycles. The smallest absolute Gasteiger partial charge is 0.262 e. The molecule has 31 heavy (non-hydrogen) atoms. The molecule has 2 aliphatic rings. The molecule has 162 valence electrons. The maximum absolute atomic E-state index is 13.5. The van der Waals surface area contributed by atoms with E-state index in [4.69, 9.17) is 0 Å². The van der Waals surface area contributed by atoms with Crippen LogP contribution in [0.1, 0.15) is 41.0 Å². The van der Waals surface area contributed by atoms with E-state index in [9.17, 15) is 18.8 Å². The molecule has 1 fully saturated rings. The van der Waals surface area contributed by atoms with Crippen molar-refractivity contribution in [3.8, 4) is 0 Å². The molecule has 2 heterocycles. The molecule has 3 amide bonds. The van der Waals surface area contributed by atoms with Crippen molar-refractivity contribution < 1.29 is 18.8 Å². The largest absolute Gasteiger partial charge is 0.368 e. The fourth-order valence-electron chi connectivity index (χ4n) is 4.30. The summed E-state index contributed by atoms with van der Waals surface area (Å²) in [6, 6.07) is 12.2. The summed E-state index contributed by atoms with van der Waals surface area (Å²) in [5.41, 5.74) is 1.62. The lowest BCUT2D eigenvalue weighted by molar-refractivity contribution is -0.136. The second kappa shape index (κ2) is 8.49. The zero-order valence-electron chi connectivity index (χ0n) is 17.8. The maximum atomic E-state index is 13.5. The lowest BCUT2D eigenvalue weighted by atomic mass is 10.0. The third-order valence-electron chi connectivity index (χ3n) is 5.90. The van der Waals surface area contributed by atoms with Crippen LogP contribution in [-0.2, 0) is 4.79 Å². The Hall–Kier alpha value is -3.22. The third-order valence-corrected chi connectivity index (χ3v) is 5.90. The number of anilines is 1. The number of piperazine rings is 1. The summed E-state index contributed by atoms with van der Waals surface area (Å²) in [6.07, 6.45) is 0.419. The first kappa shape index (κ1) is 21.0. The number of carbonyl (C=O) groups excluding carboxylic acids is 3. The topological polar surface area (TPSA) is 60.9 Å². The van der Waals surface area contributed by atoms with Crippen molar-refractivity contribution >= 4 is 23.4 Å². The van der Waals surface area contributed by atoms with Crippen molar-refractivity contribution in [3.63, 3.8) is 0 Å². The number of rotatable bonds is 5. The SMILES string of the molecule is CC(C)C[C@@H](C(=O)N1CCN(c2ccc(F)cc2)CC1)N1C(=O)c2ccccc2C1=O. The highest BCUT2D eigenvalue weighted by atomic mass is 19.1. The van der Waals surface area contributed by atoms with E-state index in [2.05, 4.69) is 4.90 Å². The van der Waals surface area contributed by atoms with Gasteiger partial charge in [0.05, 0.1) is 11.1 Å². The van der Waals surface area contributed by atoms with E-state index in [1.807, 2.05) is 13.8 Å². The molecule has 0 unspecified atom stereocenters. The van der Waals surface area contributed by atoms with Crippen LogP contribution in [0.25, 0.3) is 0 Å². The Morgan fingerprint density at radius 1 is 0.903 bits per heavy atom. The van der Waals surface area contributed by atoms with Crippen LogP contribution in [0, 0.1) is 11.7 Å². The van der Waals surface area contributed by atoms with Gasteiger partial charge < -0.3 is 9.80 Å². The van der Waals surface area contributed by atoms with Gasteiger partial charge in [0.2, 0.25) is 5.91 Å². The Kier molecular flexibility index (Phi) is 5.76. The van der Waals surface area contributed by atoms with E-state index in [-0.39, 0.29) is 17.6 Å². The molecule has 1 saturated heterocycles. The molecule has 2 aliphatic heterocycles. The molecule has 2 aromatic carbocycles. The Morgan fingerprint density at radius 3 is 1.97 bits per heavy atom.